The number of nitrogens with zero attached hydrogens (tertiary/aromatic N) is 2. The Morgan fingerprint density at radius 1 is 1.11 bits per heavy atom. The average Bonchev–Trinajstić information content (AvgIpc) is 2.35. The van der Waals surface area contributed by atoms with Crippen molar-refractivity contribution in [1.29, 1.82) is 0 Å². The van der Waals surface area contributed by atoms with Gasteiger partial charge in [-0.2, -0.15) is 0 Å². The average molecular weight is 260 g/mol. The molecule has 0 amide bonds. The zero-order chi connectivity index (χ0) is 13.3. The zero-order valence-electron chi connectivity index (χ0n) is 11.0. The first-order chi connectivity index (χ1) is 9.03. The highest BCUT2D eigenvalue weighted by Crippen LogP contribution is 2.47. The number of Topliss-reactive ketones (excluding diaryl/α,β-unsaturated/α-hetero) is 1. The lowest BCUT2D eigenvalue weighted by molar-refractivity contribution is -0.168. The van der Waals surface area contributed by atoms with Gasteiger partial charge in [0.15, 0.2) is 5.78 Å². The highest BCUT2D eigenvalue weighted by Gasteiger charge is 2.62. The predicted molar refractivity (Wildman–Crippen MR) is 69.2 cm³/mol. The van der Waals surface area contributed by atoms with E-state index >= 15 is 0 Å². The highest BCUT2D eigenvalue weighted by molar-refractivity contribution is 5.97. The van der Waals surface area contributed by atoms with Gasteiger partial charge in [-0.15, -0.1) is 0 Å². The molecule has 0 saturated carbocycles. The fourth-order valence-corrected chi connectivity index (χ4v) is 4.45. The Hall–Kier alpha value is -1.26. The lowest BCUT2D eigenvalue weighted by Crippen LogP contribution is -2.77. The molecule has 0 spiro atoms. The first-order valence-electron chi connectivity index (χ1n) is 6.78. The molecule has 0 radical (unpaired) electrons. The van der Waals surface area contributed by atoms with Gasteiger partial charge in [0.2, 0.25) is 0 Å². The Morgan fingerprint density at radius 3 is 2.37 bits per heavy atom. The molecular weight excluding hydrogens is 243 g/mol. The van der Waals surface area contributed by atoms with Gasteiger partial charge in [0.05, 0.1) is 17.5 Å². The molecule has 1 aromatic rings. The summed E-state index contributed by atoms with van der Waals surface area (Å²) in [5, 5.41) is 0. The van der Waals surface area contributed by atoms with E-state index in [2.05, 4.69) is 9.80 Å². The fraction of sp³-hybridized carbons (Fsp3) is 0.533. The third-order valence-electron chi connectivity index (χ3n) is 4.90. The first kappa shape index (κ1) is 11.6. The summed E-state index contributed by atoms with van der Waals surface area (Å²) in [6.45, 7) is 5.91. The molecule has 4 heteroatoms. The SMILES string of the molecule is CC12CN3CN(C1)CC(c1ccccc1F)(C3)C2=O. The Morgan fingerprint density at radius 2 is 1.74 bits per heavy atom. The predicted octanol–water partition coefficient (Wildman–Crippen LogP) is 1.24. The third kappa shape index (κ3) is 1.36. The van der Waals surface area contributed by atoms with Crippen molar-refractivity contribution >= 4 is 5.78 Å². The minimum atomic E-state index is -0.658. The number of rotatable bonds is 1. The second-order valence-electron chi connectivity index (χ2n) is 6.57. The number of halogens is 1. The van der Waals surface area contributed by atoms with Crippen LogP contribution in [0.3, 0.4) is 0 Å². The molecule has 4 heterocycles. The van der Waals surface area contributed by atoms with Crippen molar-refractivity contribution < 1.29 is 9.18 Å². The van der Waals surface area contributed by atoms with Gasteiger partial charge in [0.1, 0.15) is 5.82 Å². The molecule has 0 aromatic heterocycles. The number of ketones is 1. The van der Waals surface area contributed by atoms with Crippen molar-refractivity contribution in [2.75, 3.05) is 32.8 Å². The van der Waals surface area contributed by atoms with Crippen molar-refractivity contribution in [3.63, 3.8) is 0 Å². The highest BCUT2D eigenvalue weighted by atomic mass is 19.1. The molecule has 4 fully saturated rings. The van der Waals surface area contributed by atoms with E-state index in [1.165, 1.54) is 6.07 Å². The molecule has 2 unspecified atom stereocenters. The molecule has 4 aliphatic heterocycles. The van der Waals surface area contributed by atoms with Crippen LogP contribution in [0.15, 0.2) is 24.3 Å². The number of piperidine rings is 2. The molecule has 4 aliphatic rings. The number of hydrogen-bond donors (Lipinski definition) is 0. The van der Waals surface area contributed by atoms with Crippen LogP contribution < -0.4 is 0 Å². The third-order valence-corrected chi connectivity index (χ3v) is 4.90. The van der Waals surface area contributed by atoms with Crippen LogP contribution in [0.25, 0.3) is 0 Å². The van der Waals surface area contributed by atoms with Crippen molar-refractivity contribution in [1.82, 2.24) is 9.80 Å². The number of carbonyl (C=O) groups excluding carboxylic acids is 1. The quantitative estimate of drug-likeness (QED) is 0.759. The number of carbonyl (C=O) groups is 1. The van der Waals surface area contributed by atoms with E-state index in [-0.39, 0.29) is 17.0 Å². The Kier molecular flexibility index (Phi) is 2.09. The lowest BCUT2D eigenvalue weighted by atomic mass is 9.59. The summed E-state index contributed by atoms with van der Waals surface area (Å²) in [5.74, 6) is -0.0129. The summed E-state index contributed by atoms with van der Waals surface area (Å²) in [6.07, 6.45) is 0. The molecule has 3 nitrogen and oxygen atoms in total. The van der Waals surface area contributed by atoms with Crippen LogP contribution in [0, 0.1) is 11.2 Å². The van der Waals surface area contributed by atoms with E-state index in [0.29, 0.717) is 18.7 Å². The van der Waals surface area contributed by atoms with Crippen LogP contribution in [0.2, 0.25) is 0 Å². The molecule has 100 valence electrons. The van der Waals surface area contributed by atoms with Gasteiger partial charge in [-0.3, -0.25) is 14.6 Å². The maximum atomic E-state index is 14.2. The first-order valence-corrected chi connectivity index (χ1v) is 6.78. The van der Waals surface area contributed by atoms with Gasteiger partial charge >= 0.3 is 0 Å². The van der Waals surface area contributed by atoms with Crippen LogP contribution in [0.5, 0.6) is 0 Å². The van der Waals surface area contributed by atoms with Gasteiger partial charge < -0.3 is 0 Å². The smallest absolute Gasteiger partial charge is 0.154 e. The van der Waals surface area contributed by atoms with E-state index < -0.39 is 5.41 Å². The maximum Gasteiger partial charge on any atom is 0.154 e. The Balaban J connectivity index is 1.90. The van der Waals surface area contributed by atoms with E-state index in [9.17, 15) is 9.18 Å². The van der Waals surface area contributed by atoms with E-state index in [4.69, 9.17) is 0 Å². The van der Waals surface area contributed by atoms with Gasteiger partial charge in [-0.05, 0) is 6.07 Å². The molecule has 2 atom stereocenters. The molecule has 0 N–H and O–H groups in total. The normalized spacial score (nSPS) is 43.8. The molecule has 4 saturated heterocycles. The lowest BCUT2D eigenvalue weighted by Gasteiger charge is -2.62. The van der Waals surface area contributed by atoms with Crippen molar-refractivity contribution in [2.24, 2.45) is 5.41 Å². The minimum Gasteiger partial charge on any atom is -0.298 e. The van der Waals surface area contributed by atoms with Crippen LogP contribution in [-0.2, 0) is 10.2 Å². The largest absolute Gasteiger partial charge is 0.298 e. The number of hydrogen-bond acceptors (Lipinski definition) is 3. The topological polar surface area (TPSA) is 23.6 Å². The van der Waals surface area contributed by atoms with Gasteiger partial charge in [-0.1, -0.05) is 25.1 Å². The monoisotopic (exact) mass is 260 g/mol. The van der Waals surface area contributed by atoms with Crippen LogP contribution in [0.1, 0.15) is 12.5 Å². The molecule has 4 bridgehead atoms. The summed E-state index contributed by atoms with van der Waals surface area (Å²) in [7, 11) is 0. The van der Waals surface area contributed by atoms with Gasteiger partial charge in [0, 0.05) is 31.7 Å². The maximum absolute atomic E-state index is 14.2. The van der Waals surface area contributed by atoms with Crippen LogP contribution in [0.4, 0.5) is 4.39 Å². The number of benzene rings is 1. The van der Waals surface area contributed by atoms with E-state index in [1.807, 2.05) is 13.0 Å². The van der Waals surface area contributed by atoms with E-state index in [0.717, 1.165) is 19.8 Å². The standard InChI is InChI=1S/C15H17FN2O/c1-14-6-17-8-15(13(14)19,9-18(7-14)10-17)11-4-2-3-5-12(11)16/h2-5H,6-10H2,1H3. The summed E-state index contributed by atoms with van der Waals surface area (Å²) < 4.78 is 14.2. The van der Waals surface area contributed by atoms with Crippen molar-refractivity contribution in [2.45, 2.75) is 12.3 Å². The molecule has 5 rings (SSSR count). The Labute approximate surface area is 112 Å². The fourth-order valence-electron chi connectivity index (χ4n) is 4.45. The van der Waals surface area contributed by atoms with E-state index in [1.54, 1.807) is 12.1 Å². The minimum absolute atomic E-state index is 0.234. The molecule has 19 heavy (non-hydrogen) atoms. The summed E-state index contributed by atoms with van der Waals surface area (Å²) >= 11 is 0. The van der Waals surface area contributed by atoms with Crippen LogP contribution in [-0.4, -0.2) is 48.4 Å². The summed E-state index contributed by atoms with van der Waals surface area (Å²) in [6, 6.07) is 6.77. The summed E-state index contributed by atoms with van der Waals surface area (Å²) in [5.41, 5.74) is -0.411. The Bertz CT molecular complexity index is 557. The van der Waals surface area contributed by atoms with Gasteiger partial charge in [0.25, 0.3) is 0 Å². The molecule has 0 aliphatic carbocycles. The van der Waals surface area contributed by atoms with Gasteiger partial charge in [-0.25, -0.2) is 4.39 Å². The molecule has 1 aromatic carbocycles. The van der Waals surface area contributed by atoms with Crippen LogP contribution >= 0.6 is 0 Å². The second-order valence-corrected chi connectivity index (χ2v) is 6.57. The van der Waals surface area contributed by atoms with Crippen molar-refractivity contribution in [3.8, 4) is 0 Å². The second kappa shape index (κ2) is 3.44. The summed E-state index contributed by atoms with van der Waals surface area (Å²) in [4.78, 5) is 17.5. The van der Waals surface area contributed by atoms with Crippen molar-refractivity contribution in [3.05, 3.63) is 35.6 Å². The zero-order valence-corrected chi connectivity index (χ0v) is 11.0. The molecular formula is C15H17FN2O.